The van der Waals surface area contributed by atoms with Gasteiger partial charge in [0.25, 0.3) is 0 Å². The van der Waals surface area contributed by atoms with Crippen molar-refractivity contribution < 1.29 is 9.21 Å². The molecule has 2 aromatic heterocycles. The van der Waals surface area contributed by atoms with Crippen LogP contribution in [0.1, 0.15) is 5.76 Å². The minimum Gasteiger partial charge on any atom is -0.465 e. The van der Waals surface area contributed by atoms with Crippen LogP contribution in [0.5, 0.6) is 0 Å². The molecule has 2 heterocycles. The van der Waals surface area contributed by atoms with Gasteiger partial charge in [-0.3, -0.25) is 10.1 Å². The lowest BCUT2D eigenvalue weighted by Gasteiger charge is -1.93. The zero-order chi connectivity index (χ0) is 10.5. The van der Waals surface area contributed by atoms with Gasteiger partial charge in [-0.15, -0.1) is 11.3 Å². The Kier molecular flexibility index (Phi) is 2.94. The van der Waals surface area contributed by atoms with Crippen LogP contribution in [0.15, 0.2) is 40.5 Å². The first-order valence-corrected chi connectivity index (χ1v) is 5.14. The summed E-state index contributed by atoms with van der Waals surface area (Å²) in [7, 11) is 0. The molecule has 0 unspecified atom stereocenters. The first-order valence-electron chi connectivity index (χ1n) is 4.26. The third-order valence-corrected chi connectivity index (χ3v) is 2.29. The van der Waals surface area contributed by atoms with Gasteiger partial charge < -0.3 is 4.42 Å². The van der Waals surface area contributed by atoms with Crippen molar-refractivity contribution in [2.45, 2.75) is 0 Å². The number of furan rings is 1. The maximum atomic E-state index is 11.3. The van der Waals surface area contributed by atoms with Gasteiger partial charge >= 0.3 is 0 Å². The topological polar surface area (TPSA) is 55.1 Å². The van der Waals surface area contributed by atoms with Gasteiger partial charge in [0.05, 0.1) is 6.26 Å². The van der Waals surface area contributed by atoms with Crippen molar-refractivity contribution >= 4 is 28.5 Å². The number of hydrogen-bond acceptors (Lipinski definition) is 4. The second-order valence-corrected chi connectivity index (χ2v) is 3.57. The van der Waals surface area contributed by atoms with Crippen molar-refractivity contribution in [3.63, 3.8) is 0 Å². The van der Waals surface area contributed by atoms with E-state index < -0.39 is 0 Å². The van der Waals surface area contributed by atoms with Gasteiger partial charge in [-0.25, -0.2) is 4.98 Å². The molecule has 0 fully saturated rings. The summed E-state index contributed by atoms with van der Waals surface area (Å²) in [5.41, 5.74) is 0. The minimum absolute atomic E-state index is 0.221. The monoisotopic (exact) mass is 220 g/mol. The average molecular weight is 220 g/mol. The highest BCUT2D eigenvalue weighted by Gasteiger charge is 1.99. The normalized spacial score (nSPS) is 10.7. The SMILES string of the molecule is O=C(/C=C/c1ccco1)Nc1nccs1. The predicted octanol–water partition coefficient (Wildman–Crippen LogP) is 2.39. The smallest absolute Gasteiger partial charge is 0.250 e. The predicted molar refractivity (Wildman–Crippen MR) is 58.5 cm³/mol. The van der Waals surface area contributed by atoms with E-state index in [0.29, 0.717) is 10.9 Å². The van der Waals surface area contributed by atoms with Gasteiger partial charge in [-0.1, -0.05) is 0 Å². The van der Waals surface area contributed by atoms with Crippen molar-refractivity contribution in [2.24, 2.45) is 0 Å². The van der Waals surface area contributed by atoms with Crippen LogP contribution >= 0.6 is 11.3 Å². The van der Waals surface area contributed by atoms with Crippen molar-refractivity contribution in [3.05, 3.63) is 41.8 Å². The van der Waals surface area contributed by atoms with E-state index in [1.165, 1.54) is 17.4 Å². The molecule has 5 heteroatoms. The molecule has 0 spiro atoms. The molecule has 0 saturated heterocycles. The fourth-order valence-electron chi connectivity index (χ4n) is 0.976. The Morgan fingerprint density at radius 3 is 3.20 bits per heavy atom. The van der Waals surface area contributed by atoms with Crippen LogP contribution in [0.3, 0.4) is 0 Å². The summed E-state index contributed by atoms with van der Waals surface area (Å²) in [5, 5.41) is 5.01. The molecular weight excluding hydrogens is 212 g/mol. The van der Waals surface area contributed by atoms with Gasteiger partial charge in [0.1, 0.15) is 5.76 Å². The van der Waals surface area contributed by atoms with Crippen LogP contribution in [0.4, 0.5) is 5.13 Å². The molecule has 0 aliphatic heterocycles. The van der Waals surface area contributed by atoms with Gasteiger partial charge in [0.2, 0.25) is 5.91 Å². The zero-order valence-electron chi connectivity index (χ0n) is 7.71. The fourth-order valence-corrected chi connectivity index (χ4v) is 1.51. The lowest BCUT2D eigenvalue weighted by Crippen LogP contribution is -2.06. The number of amides is 1. The average Bonchev–Trinajstić information content (AvgIpc) is 2.86. The van der Waals surface area contributed by atoms with Crippen LogP contribution in [-0.2, 0) is 4.79 Å². The molecule has 4 nitrogen and oxygen atoms in total. The number of nitrogens with zero attached hydrogens (tertiary/aromatic N) is 1. The maximum Gasteiger partial charge on any atom is 0.250 e. The summed E-state index contributed by atoms with van der Waals surface area (Å²) in [6.45, 7) is 0. The van der Waals surface area contributed by atoms with E-state index in [-0.39, 0.29) is 5.91 Å². The van der Waals surface area contributed by atoms with Gasteiger partial charge in [0.15, 0.2) is 5.13 Å². The molecule has 1 N–H and O–H groups in total. The van der Waals surface area contributed by atoms with E-state index >= 15 is 0 Å². The van der Waals surface area contributed by atoms with Gasteiger partial charge in [0, 0.05) is 17.7 Å². The standard InChI is InChI=1S/C10H8N2O2S/c13-9(12-10-11-5-7-15-10)4-3-8-2-1-6-14-8/h1-7H,(H,11,12,13)/b4-3+. The maximum absolute atomic E-state index is 11.3. The molecule has 2 rings (SSSR count). The Bertz CT molecular complexity index is 446. The molecule has 76 valence electrons. The second kappa shape index (κ2) is 4.56. The highest BCUT2D eigenvalue weighted by Crippen LogP contribution is 2.10. The summed E-state index contributed by atoms with van der Waals surface area (Å²) in [6.07, 6.45) is 6.19. The molecule has 0 saturated carbocycles. The van der Waals surface area contributed by atoms with E-state index in [1.807, 2.05) is 0 Å². The summed E-state index contributed by atoms with van der Waals surface area (Å²) < 4.78 is 5.04. The molecule has 0 aliphatic rings. The molecular formula is C10H8N2O2S. The van der Waals surface area contributed by atoms with Crippen LogP contribution in [0, 0.1) is 0 Å². The molecule has 0 bridgehead atoms. The van der Waals surface area contributed by atoms with E-state index in [1.54, 1.807) is 36.0 Å². The van der Waals surface area contributed by atoms with Crippen molar-refractivity contribution in [2.75, 3.05) is 5.32 Å². The Labute approximate surface area is 90.3 Å². The summed E-state index contributed by atoms with van der Waals surface area (Å²) in [5.74, 6) is 0.422. The Hall–Kier alpha value is -1.88. The molecule has 0 atom stereocenters. The van der Waals surface area contributed by atoms with Crippen molar-refractivity contribution in [3.8, 4) is 0 Å². The molecule has 1 amide bonds. The number of rotatable bonds is 3. The van der Waals surface area contributed by atoms with Gasteiger partial charge in [-0.05, 0) is 18.2 Å². The number of carbonyl (C=O) groups is 1. The summed E-state index contributed by atoms with van der Waals surface area (Å²) in [6, 6.07) is 3.53. The van der Waals surface area contributed by atoms with Crippen molar-refractivity contribution in [1.29, 1.82) is 0 Å². The number of hydrogen-bond donors (Lipinski definition) is 1. The molecule has 0 aromatic carbocycles. The Morgan fingerprint density at radius 2 is 2.53 bits per heavy atom. The number of thiazole rings is 1. The first-order chi connectivity index (χ1) is 7.34. The van der Waals surface area contributed by atoms with E-state index in [0.717, 1.165) is 0 Å². The molecule has 2 aromatic rings. The fraction of sp³-hybridized carbons (Fsp3) is 0. The number of carbonyl (C=O) groups excluding carboxylic acids is 1. The highest BCUT2D eigenvalue weighted by molar-refractivity contribution is 7.13. The minimum atomic E-state index is -0.221. The summed E-state index contributed by atoms with van der Waals surface area (Å²) >= 11 is 1.37. The van der Waals surface area contributed by atoms with Crippen LogP contribution < -0.4 is 5.32 Å². The number of aromatic nitrogens is 1. The summed E-state index contributed by atoms with van der Waals surface area (Å²) in [4.78, 5) is 15.3. The lowest BCUT2D eigenvalue weighted by atomic mass is 10.4. The lowest BCUT2D eigenvalue weighted by molar-refractivity contribution is -0.111. The Balaban J connectivity index is 1.93. The number of nitrogens with one attached hydrogen (secondary N) is 1. The van der Waals surface area contributed by atoms with Crippen LogP contribution in [0.2, 0.25) is 0 Å². The molecule has 15 heavy (non-hydrogen) atoms. The van der Waals surface area contributed by atoms with Crippen molar-refractivity contribution in [1.82, 2.24) is 4.98 Å². The zero-order valence-corrected chi connectivity index (χ0v) is 8.53. The van der Waals surface area contributed by atoms with Crippen LogP contribution in [-0.4, -0.2) is 10.9 Å². The quantitative estimate of drug-likeness (QED) is 0.808. The van der Waals surface area contributed by atoms with E-state index in [4.69, 9.17) is 4.42 Å². The number of anilines is 1. The largest absolute Gasteiger partial charge is 0.465 e. The third-order valence-electron chi connectivity index (χ3n) is 1.60. The Morgan fingerprint density at radius 1 is 1.60 bits per heavy atom. The highest BCUT2D eigenvalue weighted by atomic mass is 32.1. The first kappa shape index (κ1) is 9.67. The van der Waals surface area contributed by atoms with E-state index in [2.05, 4.69) is 10.3 Å². The van der Waals surface area contributed by atoms with Crippen LogP contribution in [0.25, 0.3) is 6.08 Å². The third kappa shape index (κ3) is 2.78. The van der Waals surface area contributed by atoms with Gasteiger partial charge in [-0.2, -0.15) is 0 Å². The second-order valence-electron chi connectivity index (χ2n) is 2.68. The molecule has 0 radical (unpaired) electrons. The molecule has 0 aliphatic carbocycles. The van der Waals surface area contributed by atoms with E-state index in [9.17, 15) is 4.79 Å².